The first-order valence-electron chi connectivity index (χ1n) is 5.18. The Kier molecular flexibility index (Phi) is 2.85. The number of hydrogen-bond acceptors (Lipinski definition) is 2. The predicted molar refractivity (Wildman–Crippen MR) is 57.0 cm³/mol. The zero-order valence-corrected chi connectivity index (χ0v) is 8.81. The van der Waals surface area contributed by atoms with Gasteiger partial charge < -0.3 is 4.74 Å². The average Bonchev–Trinajstić information content (AvgIpc) is 2.23. The molecule has 1 saturated heterocycles. The third kappa shape index (κ3) is 1.97. The maximum Gasteiger partial charge on any atom is 0.108 e. The molecule has 2 unspecified atom stereocenters. The van der Waals surface area contributed by atoms with E-state index in [0.29, 0.717) is 0 Å². The number of nitrogens with zero attached hydrogens (tertiary/aromatic N) is 1. The molecule has 76 valence electrons. The van der Waals surface area contributed by atoms with Crippen molar-refractivity contribution in [3.63, 3.8) is 0 Å². The van der Waals surface area contributed by atoms with Gasteiger partial charge in [0.05, 0.1) is 6.10 Å². The van der Waals surface area contributed by atoms with Crippen LogP contribution in [0.3, 0.4) is 0 Å². The van der Waals surface area contributed by atoms with Crippen molar-refractivity contribution in [1.29, 1.82) is 0 Å². The molecule has 0 saturated carbocycles. The minimum Gasteiger partial charge on any atom is -0.355 e. The Balaban J connectivity index is 2.07. The van der Waals surface area contributed by atoms with Crippen molar-refractivity contribution in [3.05, 3.63) is 35.9 Å². The highest BCUT2D eigenvalue weighted by molar-refractivity contribution is 5.17. The van der Waals surface area contributed by atoms with Gasteiger partial charge >= 0.3 is 0 Å². The third-order valence-corrected chi connectivity index (χ3v) is 2.90. The number of rotatable bonds is 1. The lowest BCUT2D eigenvalue weighted by molar-refractivity contribution is -0.122. The number of ether oxygens (including phenoxy) is 1. The lowest BCUT2D eigenvalue weighted by atomic mass is 10.1. The molecule has 1 fully saturated rings. The fraction of sp³-hybridized carbons (Fsp3) is 0.500. The zero-order chi connectivity index (χ0) is 9.97. The van der Waals surface area contributed by atoms with E-state index >= 15 is 0 Å². The monoisotopic (exact) mass is 191 g/mol. The second-order valence-corrected chi connectivity index (χ2v) is 3.90. The third-order valence-electron chi connectivity index (χ3n) is 2.90. The van der Waals surface area contributed by atoms with Crippen LogP contribution in [0.1, 0.15) is 25.0 Å². The van der Waals surface area contributed by atoms with Gasteiger partial charge in [0, 0.05) is 6.54 Å². The van der Waals surface area contributed by atoms with Crippen molar-refractivity contribution >= 4 is 0 Å². The first-order valence-corrected chi connectivity index (χ1v) is 5.18. The quantitative estimate of drug-likeness (QED) is 0.676. The Hall–Kier alpha value is -0.860. The Labute approximate surface area is 85.5 Å². The molecule has 1 heterocycles. The van der Waals surface area contributed by atoms with Gasteiger partial charge in [-0.2, -0.15) is 0 Å². The van der Waals surface area contributed by atoms with Gasteiger partial charge in [0.15, 0.2) is 0 Å². The van der Waals surface area contributed by atoms with E-state index in [4.69, 9.17) is 4.74 Å². The van der Waals surface area contributed by atoms with Gasteiger partial charge in [-0.05, 0) is 26.0 Å². The summed E-state index contributed by atoms with van der Waals surface area (Å²) in [4.78, 5) is 2.24. The molecule has 0 aliphatic carbocycles. The van der Waals surface area contributed by atoms with E-state index in [0.717, 1.165) is 13.0 Å². The summed E-state index contributed by atoms with van der Waals surface area (Å²) in [6.45, 7) is 3.22. The van der Waals surface area contributed by atoms with Crippen LogP contribution in [0.5, 0.6) is 0 Å². The maximum atomic E-state index is 5.91. The standard InChI is InChI=1S/C12H17NO/c1-10-13(2)9-8-12(14-10)11-6-4-3-5-7-11/h3-7,10,12H,8-9H2,1-2H3. The van der Waals surface area contributed by atoms with Crippen molar-refractivity contribution in [2.75, 3.05) is 13.6 Å². The summed E-state index contributed by atoms with van der Waals surface area (Å²) in [6, 6.07) is 10.5. The molecule has 2 heteroatoms. The first kappa shape index (κ1) is 9.69. The molecule has 2 rings (SSSR count). The molecule has 0 N–H and O–H groups in total. The van der Waals surface area contributed by atoms with Crippen molar-refractivity contribution < 1.29 is 4.74 Å². The lowest BCUT2D eigenvalue weighted by Crippen LogP contribution is -2.39. The normalized spacial score (nSPS) is 29.0. The molecule has 2 atom stereocenters. The van der Waals surface area contributed by atoms with E-state index in [2.05, 4.69) is 43.1 Å². The highest BCUT2D eigenvalue weighted by atomic mass is 16.5. The van der Waals surface area contributed by atoms with Crippen LogP contribution in [-0.2, 0) is 4.74 Å². The smallest absolute Gasteiger partial charge is 0.108 e. The molecule has 1 aromatic carbocycles. The molecule has 0 amide bonds. The van der Waals surface area contributed by atoms with Crippen LogP contribution >= 0.6 is 0 Å². The predicted octanol–water partition coefficient (Wildman–Crippen LogP) is 2.43. The van der Waals surface area contributed by atoms with Crippen molar-refractivity contribution in [1.82, 2.24) is 4.90 Å². The highest BCUT2D eigenvalue weighted by Gasteiger charge is 2.23. The van der Waals surface area contributed by atoms with Crippen molar-refractivity contribution in [2.24, 2.45) is 0 Å². The maximum absolute atomic E-state index is 5.91. The number of benzene rings is 1. The molecule has 0 radical (unpaired) electrons. The van der Waals surface area contributed by atoms with Crippen molar-refractivity contribution in [2.45, 2.75) is 25.7 Å². The van der Waals surface area contributed by atoms with Gasteiger partial charge in [0.2, 0.25) is 0 Å². The fourth-order valence-electron chi connectivity index (χ4n) is 1.83. The lowest BCUT2D eigenvalue weighted by Gasteiger charge is -2.35. The van der Waals surface area contributed by atoms with E-state index in [1.165, 1.54) is 5.56 Å². The van der Waals surface area contributed by atoms with Crippen molar-refractivity contribution in [3.8, 4) is 0 Å². The molecular formula is C12H17NO. The molecule has 0 spiro atoms. The van der Waals surface area contributed by atoms with Crippen LogP contribution in [0, 0.1) is 0 Å². The summed E-state index contributed by atoms with van der Waals surface area (Å²) in [7, 11) is 2.10. The van der Waals surface area contributed by atoms with Gasteiger partial charge in [0.1, 0.15) is 6.23 Å². The van der Waals surface area contributed by atoms with Gasteiger partial charge in [0.25, 0.3) is 0 Å². The van der Waals surface area contributed by atoms with Crippen LogP contribution in [0.25, 0.3) is 0 Å². The molecule has 14 heavy (non-hydrogen) atoms. The van der Waals surface area contributed by atoms with Gasteiger partial charge in [-0.15, -0.1) is 0 Å². The molecule has 0 aromatic heterocycles. The molecule has 2 nitrogen and oxygen atoms in total. The van der Waals surface area contributed by atoms with Gasteiger partial charge in [-0.3, -0.25) is 4.90 Å². The molecule has 0 bridgehead atoms. The summed E-state index contributed by atoms with van der Waals surface area (Å²) in [5, 5.41) is 0. The Morgan fingerprint density at radius 3 is 2.64 bits per heavy atom. The molecular weight excluding hydrogens is 174 g/mol. The van der Waals surface area contributed by atoms with Gasteiger partial charge in [-0.25, -0.2) is 0 Å². The Morgan fingerprint density at radius 2 is 2.00 bits per heavy atom. The fourth-order valence-corrected chi connectivity index (χ4v) is 1.83. The molecule has 1 aliphatic heterocycles. The summed E-state index contributed by atoms with van der Waals surface area (Å²) < 4.78 is 5.91. The molecule has 1 aromatic rings. The van der Waals surface area contributed by atoms with Crippen LogP contribution < -0.4 is 0 Å². The summed E-state index contributed by atoms with van der Waals surface area (Å²) in [6.07, 6.45) is 1.60. The minimum atomic E-state index is 0.231. The SMILES string of the molecule is CC1OC(c2ccccc2)CCN1C. The highest BCUT2D eigenvalue weighted by Crippen LogP contribution is 2.27. The van der Waals surface area contributed by atoms with E-state index < -0.39 is 0 Å². The second-order valence-electron chi connectivity index (χ2n) is 3.90. The Bertz CT molecular complexity index is 286. The van der Waals surface area contributed by atoms with Crippen LogP contribution in [0.4, 0.5) is 0 Å². The summed E-state index contributed by atoms with van der Waals surface area (Å²) >= 11 is 0. The zero-order valence-electron chi connectivity index (χ0n) is 8.81. The van der Waals surface area contributed by atoms with E-state index in [1.807, 2.05) is 6.07 Å². The first-order chi connectivity index (χ1) is 6.77. The molecule has 1 aliphatic rings. The Morgan fingerprint density at radius 1 is 1.29 bits per heavy atom. The van der Waals surface area contributed by atoms with E-state index in [9.17, 15) is 0 Å². The summed E-state index contributed by atoms with van der Waals surface area (Å²) in [5.74, 6) is 0. The van der Waals surface area contributed by atoms with Crippen LogP contribution in [-0.4, -0.2) is 24.7 Å². The van der Waals surface area contributed by atoms with Crippen LogP contribution in [0.2, 0.25) is 0 Å². The minimum absolute atomic E-state index is 0.231. The largest absolute Gasteiger partial charge is 0.355 e. The van der Waals surface area contributed by atoms with Gasteiger partial charge in [-0.1, -0.05) is 30.3 Å². The number of hydrogen-bond donors (Lipinski definition) is 0. The van der Waals surface area contributed by atoms with E-state index in [1.54, 1.807) is 0 Å². The van der Waals surface area contributed by atoms with Crippen LogP contribution in [0.15, 0.2) is 30.3 Å². The topological polar surface area (TPSA) is 12.5 Å². The van der Waals surface area contributed by atoms with E-state index in [-0.39, 0.29) is 12.3 Å². The summed E-state index contributed by atoms with van der Waals surface area (Å²) in [5.41, 5.74) is 1.30. The second kappa shape index (κ2) is 4.11. The average molecular weight is 191 g/mol.